The molecular formula is C19H20FNO. The average molecular weight is 297 g/mol. The number of nitrogens with zero attached hydrogens (tertiary/aromatic N) is 1. The van der Waals surface area contributed by atoms with Crippen LogP contribution in [0.15, 0.2) is 48.5 Å². The van der Waals surface area contributed by atoms with E-state index in [-0.39, 0.29) is 11.6 Å². The fourth-order valence-electron chi connectivity index (χ4n) is 2.91. The van der Waals surface area contributed by atoms with Crippen molar-refractivity contribution in [1.82, 2.24) is 4.90 Å². The summed E-state index contributed by atoms with van der Waals surface area (Å²) < 4.78 is 12.9. The van der Waals surface area contributed by atoms with E-state index in [1.807, 2.05) is 24.3 Å². The van der Waals surface area contributed by atoms with E-state index in [1.165, 1.54) is 49.1 Å². The van der Waals surface area contributed by atoms with E-state index in [1.54, 1.807) is 0 Å². The van der Waals surface area contributed by atoms with Crippen LogP contribution in [0.1, 0.15) is 40.7 Å². The van der Waals surface area contributed by atoms with Crippen LogP contribution in [0.4, 0.5) is 4.39 Å². The molecule has 0 spiro atoms. The highest BCUT2D eigenvalue weighted by atomic mass is 19.1. The number of carbonyl (C=O) groups excluding carboxylic acids is 1. The minimum Gasteiger partial charge on any atom is -0.299 e. The van der Waals surface area contributed by atoms with E-state index in [4.69, 9.17) is 0 Å². The van der Waals surface area contributed by atoms with Crippen molar-refractivity contribution < 1.29 is 9.18 Å². The zero-order valence-electron chi connectivity index (χ0n) is 12.6. The minimum atomic E-state index is -0.326. The van der Waals surface area contributed by atoms with Gasteiger partial charge in [0.05, 0.1) is 0 Å². The van der Waals surface area contributed by atoms with Crippen molar-refractivity contribution in [3.05, 3.63) is 71.0 Å². The number of rotatable bonds is 4. The monoisotopic (exact) mass is 297 g/mol. The zero-order valence-corrected chi connectivity index (χ0v) is 12.6. The van der Waals surface area contributed by atoms with Gasteiger partial charge in [0.1, 0.15) is 5.82 Å². The number of likely N-dealkylation sites (tertiary alicyclic amines) is 1. The molecule has 114 valence electrons. The quantitative estimate of drug-likeness (QED) is 0.794. The smallest absolute Gasteiger partial charge is 0.193 e. The van der Waals surface area contributed by atoms with Crippen molar-refractivity contribution in [3.63, 3.8) is 0 Å². The number of benzene rings is 2. The molecule has 0 amide bonds. The van der Waals surface area contributed by atoms with Crippen LogP contribution in [0, 0.1) is 5.82 Å². The highest BCUT2D eigenvalue weighted by Crippen LogP contribution is 2.15. The minimum absolute atomic E-state index is 0.0653. The molecule has 22 heavy (non-hydrogen) atoms. The summed E-state index contributed by atoms with van der Waals surface area (Å²) in [7, 11) is 0. The summed E-state index contributed by atoms with van der Waals surface area (Å²) in [6.07, 6.45) is 3.89. The predicted molar refractivity (Wildman–Crippen MR) is 85.4 cm³/mol. The van der Waals surface area contributed by atoms with Gasteiger partial charge >= 0.3 is 0 Å². The van der Waals surface area contributed by atoms with E-state index in [0.717, 1.165) is 19.6 Å². The summed E-state index contributed by atoms with van der Waals surface area (Å²) in [4.78, 5) is 14.8. The molecule has 3 heteroatoms. The molecule has 0 aromatic heterocycles. The van der Waals surface area contributed by atoms with E-state index >= 15 is 0 Å². The lowest BCUT2D eigenvalue weighted by molar-refractivity contribution is 0.103. The van der Waals surface area contributed by atoms with Crippen molar-refractivity contribution in [2.75, 3.05) is 13.1 Å². The van der Waals surface area contributed by atoms with Crippen LogP contribution < -0.4 is 0 Å². The number of hydrogen-bond donors (Lipinski definition) is 0. The molecule has 0 atom stereocenters. The Balaban J connectivity index is 1.68. The number of hydrogen-bond acceptors (Lipinski definition) is 2. The third-order valence-electron chi connectivity index (χ3n) is 4.18. The number of carbonyl (C=O) groups is 1. The molecular weight excluding hydrogens is 277 g/mol. The summed E-state index contributed by atoms with van der Waals surface area (Å²) in [5, 5.41) is 0. The second-order valence-electron chi connectivity index (χ2n) is 5.87. The summed E-state index contributed by atoms with van der Waals surface area (Å²) in [6.45, 7) is 3.28. The maximum atomic E-state index is 12.9. The third kappa shape index (κ3) is 3.60. The Labute approximate surface area is 130 Å². The Hall–Kier alpha value is -2.00. The summed E-state index contributed by atoms with van der Waals surface area (Å²) >= 11 is 0. The molecule has 2 aromatic rings. The molecule has 2 aromatic carbocycles. The molecule has 3 rings (SSSR count). The second kappa shape index (κ2) is 6.84. The maximum Gasteiger partial charge on any atom is 0.193 e. The van der Waals surface area contributed by atoms with Gasteiger partial charge in [0.15, 0.2) is 5.78 Å². The first-order chi connectivity index (χ1) is 10.7. The zero-order chi connectivity index (χ0) is 15.4. The second-order valence-corrected chi connectivity index (χ2v) is 5.87. The van der Waals surface area contributed by atoms with Crippen LogP contribution in [0.5, 0.6) is 0 Å². The van der Waals surface area contributed by atoms with Crippen molar-refractivity contribution in [2.24, 2.45) is 0 Å². The van der Waals surface area contributed by atoms with Gasteiger partial charge in [-0.3, -0.25) is 9.69 Å². The molecule has 2 nitrogen and oxygen atoms in total. The lowest BCUT2D eigenvalue weighted by Gasteiger charge is -2.26. The molecule has 0 aliphatic carbocycles. The molecule has 0 saturated carbocycles. The van der Waals surface area contributed by atoms with Gasteiger partial charge in [0.2, 0.25) is 0 Å². The average Bonchev–Trinajstić information content (AvgIpc) is 2.57. The molecule has 1 heterocycles. The van der Waals surface area contributed by atoms with Gasteiger partial charge in [-0.15, -0.1) is 0 Å². The topological polar surface area (TPSA) is 20.3 Å². The number of halogens is 1. The lowest BCUT2D eigenvalue weighted by atomic mass is 10.0. The Kier molecular flexibility index (Phi) is 4.64. The summed E-state index contributed by atoms with van der Waals surface area (Å²) in [5.74, 6) is -0.391. The number of ketones is 1. The summed E-state index contributed by atoms with van der Waals surface area (Å²) in [5.41, 5.74) is 2.40. The Morgan fingerprint density at radius 1 is 0.864 bits per heavy atom. The van der Waals surface area contributed by atoms with Gasteiger partial charge in [-0.05, 0) is 55.8 Å². The predicted octanol–water partition coefficient (Wildman–Crippen LogP) is 4.04. The molecule has 0 radical (unpaired) electrons. The highest BCUT2D eigenvalue weighted by Gasteiger charge is 2.12. The van der Waals surface area contributed by atoms with Crippen LogP contribution in [0.2, 0.25) is 0 Å². The van der Waals surface area contributed by atoms with Gasteiger partial charge in [-0.1, -0.05) is 30.7 Å². The Morgan fingerprint density at radius 2 is 1.41 bits per heavy atom. The van der Waals surface area contributed by atoms with Crippen molar-refractivity contribution in [2.45, 2.75) is 25.8 Å². The van der Waals surface area contributed by atoms with E-state index in [0.29, 0.717) is 11.1 Å². The van der Waals surface area contributed by atoms with Gasteiger partial charge in [-0.2, -0.15) is 0 Å². The van der Waals surface area contributed by atoms with Crippen LogP contribution >= 0.6 is 0 Å². The maximum absolute atomic E-state index is 12.9. The van der Waals surface area contributed by atoms with Gasteiger partial charge in [0.25, 0.3) is 0 Å². The first-order valence-electron chi connectivity index (χ1n) is 7.84. The SMILES string of the molecule is O=C(c1ccc(F)cc1)c1ccc(CN2CCCCC2)cc1. The van der Waals surface area contributed by atoms with Gasteiger partial charge in [-0.25, -0.2) is 4.39 Å². The largest absolute Gasteiger partial charge is 0.299 e. The third-order valence-corrected chi connectivity index (χ3v) is 4.18. The normalized spacial score (nSPS) is 15.7. The highest BCUT2D eigenvalue weighted by molar-refractivity contribution is 6.08. The molecule has 1 aliphatic rings. The van der Waals surface area contributed by atoms with Gasteiger partial charge < -0.3 is 0 Å². The van der Waals surface area contributed by atoms with Crippen molar-refractivity contribution in [3.8, 4) is 0 Å². The van der Waals surface area contributed by atoms with Crippen molar-refractivity contribution >= 4 is 5.78 Å². The van der Waals surface area contributed by atoms with E-state index < -0.39 is 0 Å². The molecule has 1 saturated heterocycles. The molecule has 0 N–H and O–H groups in total. The molecule has 0 bridgehead atoms. The van der Waals surface area contributed by atoms with E-state index in [2.05, 4.69) is 4.90 Å². The fourth-order valence-corrected chi connectivity index (χ4v) is 2.91. The summed E-state index contributed by atoms with van der Waals surface area (Å²) in [6, 6.07) is 13.5. The fraction of sp³-hybridized carbons (Fsp3) is 0.316. The first kappa shape index (κ1) is 14.9. The Morgan fingerprint density at radius 3 is 2.00 bits per heavy atom. The van der Waals surface area contributed by atoms with Crippen LogP contribution in [0.3, 0.4) is 0 Å². The first-order valence-corrected chi connectivity index (χ1v) is 7.84. The molecule has 0 unspecified atom stereocenters. The molecule has 1 aliphatic heterocycles. The molecule has 1 fully saturated rings. The van der Waals surface area contributed by atoms with Crippen LogP contribution in [-0.2, 0) is 6.54 Å². The van der Waals surface area contributed by atoms with Gasteiger partial charge in [0, 0.05) is 17.7 Å². The van der Waals surface area contributed by atoms with Crippen LogP contribution in [0.25, 0.3) is 0 Å². The Bertz CT molecular complexity index is 627. The van der Waals surface area contributed by atoms with Crippen LogP contribution in [-0.4, -0.2) is 23.8 Å². The standard InChI is InChI=1S/C19H20FNO/c20-18-10-8-17(9-11-18)19(22)16-6-4-15(5-7-16)14-21-12-2-1-3-13-21/h4-11H,1-3,12-14H2. The lowest BCUT2D eigenvalue weighted by Crippen LogP contribution is -2.29. The number of piperidine rings is 1. The van der Waals surface area contributed by atoms with Crippen molar-refractivity contribution in [1.29, 1.82) is 0 Å². The van der Waals surface area contributed by atoms with E-state index in [9.17, 15) is 9.18 Å².